The van der Waals surface area contributed by atoms with E-state index >= 15 is 0 Å². The first-order valence-corrected chi connectivity index (χ1v) is 6.57. The molecule has 1 heterocycles. The molecule has 0 aliphatic rings. The Morgan fingerprint density at radius 2 is 2.22 bits per heavy atom. The molecule has 1 aromatic heterocycles. The minimum atomic E-state index is -0.435. The van der Waals surface area contributed by atoms with Crippen molar-refractivity contribution in [3.8, 4) is 0 Å². The van der Waals surface area contributed by atoms with Gasteiger partial charge in [0.05, 0.1) is 11.0 Å². The molecule has 4 nitrogen and oxygen atoms in total. The van der Waals surface area contributed by atoms with E-state index < -0.39 is 4.92 Å². The number of nitrogens with one attached hydrogen (secondary N) is 1. The normalized spacial score (nSPS) is 12.1. The quantitative estimate of drug-likeness (QED) is 0.664. The maximum absolute atomic E-state index is 11.0. The molecule has 0 fully saturated rings. The summed E-state index contributed by atoms with van der Waals surface area (Å²) in [4.78, 5) is 11.6. The first kappa shape index (κ1) is 12.9. The van der Waals surface area contributed by atoms with Gasteiger partial charge in [-0.25, -0.2) is 0 Å². The van der Waals surface area contributed by atoms with Crippen LogP contribution in [-0.4, -0.2) is 4.92 Å². The Bertz CT molecular complexity index is 557. The van der Waals surface area contributed by atoms with Crippen LogP contribution in [-0.2, 0) is 0 Å². The van der Waals surface area contributed by atoms with Crippen LogP contribution in [0.1, 0.15) is 17.8 Å². The third kappa shape index (κ3) is 2.80. The zero-order chi connectivity index (χ0) is 13.1. The van der Waals surface area contributed by atoms with Crippen molar-refractivity contribution in [2.24, 2.45) is 0 Å². The van der Waals surface area contributed by atoms with E-state index in [0.717, 1.165) is 4.88 Å². The number of nitro benzene ring substituents is 1. The minimum Gasteiger partial charge on any atom is -0.372 e. The predicted octanol–water partition coefficient (Wildman–Crippen LogP) is 4.48. The molecule has 0 aliphatic heterocycles. The van der Waals surface area contributed by atoms with E-state index in [9.17, 15) is 10.1 Å². The fraction of sp³-hybridized carbons (Fsp3) is 0.167. The molecule has 1 unspecified atom stereocenters. The molecule has 6 heteroatoms. The van der Waals surface area contributed by atoms with Crippen LogP contribution in [0.3, 0.4) is 0 Å². The van der Waals surface area contributed by atoms with Crippen molar-refractivity contribution in [2.75, 3.05) is 5.32 Å². The van der Waals surface area contributed by atoms with Crippen LogP contribution in [0, 0.1) is 10.1 Å². The van der Waals surface area contributed by atoms with E-state index in [-0.39, 0.29) is 11.7 Å². The first-order chi connectivity index (χ1) is 8.58. The average molecular weight is 283 g/mol. The molecule has 0 saturated heterocycles. The summed E-state index contributed by atoms with van der Waals surface area (Å²) in [6, 6.07) is 8.58. The van der Waals surface area contributed by atoms with Crippen LogP contribution in [0.25, 0.3) is 0 Å². The SMILES string of the molecule is CC(Nc1ccc(Cl)cc1[N+](=O)[O-])c1cccs1. The van der Waals surface area contributed by atoms with Crippen LogP contribution < -0.4 is 5.32 Å². The topological polar surface area (TPSA) is 55.2 Å². The summed E-state index contributed by atoms with van der Waals surface area (Å²) < 4.78 is 0. The van der Waals surface area contributed by atoms with Gasteiger partial charge in [-0.1, -0.05) is 17.7 Å². The predicted molar refractivity (Wildman–Crippen MR) is 74.5 cm³/mol. The lowest BCUT2D eigenvalue weighted by Crippen LogP contribution is -2.06. The number of halogens is 1. The number of hydrogen-bond donors (Lipinski definition) is 1. The van der Waals surface area contributed by atoms with Gasteiger partial charge in [-0.3, -0.25) is 10.1 Å². The molecule has 1 N–H and O–H groups in total. The highest BCUT2D eigenvalue weighted by atomic mass is 35.5. The van der Waals surface area contributed by atoms with Crippen LogP contribution in [0.2, 0.25) is 5.02 Å². The highest BCUT2D eigenvalue weighted by Crippen LogP contribution is 2.31. The standard InChI is InChI=1S/C12H11ClN2O2S/c1-8(12-3-2-6-18-12)14-10-5-4-9(13)7-11(10)15(16)17/h2-8,14H,1H3. The highest BCUT2D eigenvalue weighted by Gasteiger charge is 2.16. The number of rotatable bonds is 4. The van der Waals surface area contributed by atoms with Crippen LogP contribution in [0.4, 0.5) is 11.4 Å². The van der Waals surface area contributed by atoms with Crippen molar-refractivity contribution in [3.63, 3.8) is 0 Å². The molecule has 1 aromatic carbocycles. The van der Waals surface area contributed by atoms with Crippen LogP contribution in [0.5, 0.6) is 0 Å². The summed E-state index contributed by atoms with van der Waals surface area (Å²) in [5.74, 6) is 0. The molecule has 94 valence electrons. The molecule has 0 spiro atoms. The Balaban J connectivity index is 2.26. The molecule has 0 aliphatic carbocycles. The number of anilines is 1. The average Bonchev–Trinajstić information content (AvgIpc) is 2.84. The van der Waals surface area contributed by atoms with Crippen molar-refractivity contribution < 1.29 is 4.92 Å². The Morgan fingerprint density at radius 3 is 2.83 bits per heavy atom. The fourth-order valence-electron chi connectivity index (χ4n) is 1.62. The summed E-state index contributed by atoms with van der Waals surface area (Å²) in [5, 5.41) is 16.4. The van der Waals surface area contributed by atoms with Gasteiger partial charge in [0.1, 0.15) is 5.69 Å². The largest absolute Gasteiger partial charge is 0.372 e. The van der Waals surface area contributed by atoms with Gasteiger partial charge < -0.3 is 5.32 Å². The second kappa shape index (κ2) is 5.37. The summed E-state index contributed by atoms with van der Waals surface area (Å²) in [5.41, 5.74) is 0.469. The van der Waals surface area contributed by atoms with E-state index in [1.807, 2.05) is 24.4 Å². The molecular formula is C12H11ClN2O2S. The number of thiophene rings is 1. The van der Waals surface area contributed by atoms with E-state index in [1.54, 1.807) is 23.5 Å². The minimum absolute atomic E-state index is 0.00842. The maximum Gasteiger partial charge on any atom is 0.293 e. The summed E-state index contributed by atoms with van der Waals surface area (Å²) in [6.07, 6.45) is 0. The Labute approximate surface area is 113 Å². The summed E-state index contributed by atoms with van der Waals surface area (Å²) in [6.45, 7) is 1.96. The van der Waals surface area contributed by atoms with Gasteiger partial charge >= 0.3 is 0 Å². The highest BCUT2D eigenvalue weighted by molar-refractivity contribution is 7.10. The van der Waals surface area contributed by atoms with Gasteiger partial charge in [0.25, 0.3) is 5.69 Å². The monoisotopic (exact) mass is 282 g/mol. The Hall–Kier alpha value is -1.59. The third-order valence-corrected chi connectivity index (χ3v) is 3.79. The summed E-state index contributed by atoms with van der Waals surface area (Å²) in [7, 11) is 0. The number of nitro groups is 1. The lowest BCUT2D eigenvalue weighted by atomic mass is 10.2. The molecule has 2 aromatic rings. The number of nitrogens with zero attached hydrogens (tertiary/aromatic N) is 1. The van der Waals surface area contributed by atoms with Gasteiger partial charge in [0, 0.05) is 16.0 Å². The zero-order valence-electron chi connectivity index (χ0n) is 9.59. The van der Waals surface area contributed by atoms with Gasteiger partial charge in [-0.15, -0.1) is 11.3 Å². The molecule has 0 saturated carbocycles. The van der Waals surface area contributed by atoms with E-state index in [4.69, 9.17) is 11.6 Å². The van der Waals surface area contributed by atoms with Crippen molar-refractivity contribution >= 4 is 34.3 Å². The second-order valence-corrected chi connectivity index (χ2v) is 5.22. The van der Waals surface area contributed by atoms with E-state index in [1.165, 1.54) is 6.07 Å². The third-order valence-electron chi connectivity index (χ3n) is 2.50. The smallest absolute Gasteiger partial charge is 0.293 e. The number of benzene rings is 1. The molecule has 0 bridgehead atoms. The molecule has 1 atom stereocenters. The lowest BCUT2D eigenvalue weighted by Gasteiger charge is -2.13. The first-order valence-electron chi connectivity index (χ1n) is 5.32. The zero-order valence-corrected chi connectivity index (χ0v) is 11.2. The van der Waals surface area contributed by atoms with E-state index in [2.05, 4.69) is 5.32 Å². The second-order valence-electron chi connectivity index (χ2n) is 3.80. The van der Waals surface area contributed by atoms with Crippen molar-refractivity contribution in [1.29, 1.82) is 0 Å². The Morgan fingerprint density at radius 1 is 1.44 bits per heavy atom. The molecule has 0 radical (unpaired) electrons. The molecule has 2 rings (SSSR count). The van der Waals surface area contributed by atoms with E-state index in [0.29, 0.717) is 10.7 Å². The van der Waals surface area contributed by atoms with Crippen molar-refractivity contribution in [3.05, 3.63) is 55.7 Å². The van der Waals surface area contributed by atoms with Gasteiger partial charge in [0.15, 0.2) is 0 Å². The lowest BCUT2D eigenvalue weighted by molar-refractivity contribution is -0.384. The summed E-state index contributed by atoms with van der Waals surface area (Å²) >= 11 is 7.38. The number of hydrogen-bond acceptors (Lipinski definition) is 4. The molecular weight excluding hydrogens is 272 g/mol. The maximum atomic E-state index is 11.0. The van der Waals surface area contributed by atoms with Crippen LogP contribution in [0.15, 0.2) is 35.7 Å². The van der Waals surface area contributed by atoms with Crippen LogP contribution >= 0.6 is 22.9 Å². The molecule has 0 amide bonds. The van der Waals surface area contributed by atoms with Gasteiger partial charge in [-0.2, -0.15) is 0 Å². The van der Waals surface area contributed by atoms with Gasteiger partial charge in [0.2, 0.25) is 0 Å². The van der Waals surface area contributed by atoms with Gasteiger partial charge in [-0.05, 0) is 30.5 Å². The fourth-order valence-corrected chi connectivity index (χ4v) is 2.52. The van der Waals surface area contributed by atoms with Crippen molar-refractivity contribution in [1.82, 2.24) is 0 Å². The Kier molecular flexibility index (Phi) is 3.84. The van der Waals surface area contributed by atoms with Crippen molar-refractivity contribution in [2.45, 2.75) is 13.0 Å². The molecule has 18 heavy (non-hydrogen) atoms.